The summed E-state index contributed by atoms with van der Waals surface area (Å²) in [5, 5.41) is 6.33. The van der Waals surface area contributed by atoms with Crippen LogP contribution in [0.15, 0.2) is 43.0 Å². The average molecular weight is 433 g/mol. The third-order valence-corrected chi connectivity index (χ3v) is 5.54. The topological polar surface area (TPSA) is 89.8 Å². The first-order valence-electron chi connectivity index (χ1n) is 10.1. The number of imidazole rings is 1. The van der Waals surface area contributed by atoms with E-state index in [9.17, 15) is 8.78 Å². The monoisotopic (exact) mass is 433 g/mol. The highest BCUT2D eigenvalue weighted by Gasteiger charge is 2.23. The molecule has 160 valence electrons. The van der Waals surface area contributed by atoms with Crippen LogP contribution in [0.5, 0.6) is 5.75 Å². The standard InChI is InChI=1S/C22H17F2N7O/c23-15-5-13(6-18-21(15)32-10-14-8-26-11-31(14)18)20-16(24)9-27-22(30-20)29-19-2-1-12-7-25-4-3-17(12)28-19/h1-2,5-6,8-9,11,25H,3-4,7,10H2,(H,27,28,29,30). The van der Waals surface area contributed by atoms with Crippen LogP contribution in [0.2, 0.25) is 0 Å². The van der Waals surface area contributed by atoms with E-state index in [2.05, 4.69) is 30.6 Å². The Balaban J connectivity index is 1.37. The Morgan fingerprint density at radius 3 is 2.97 bits per heavy atom. The molecule has 8 nitrogen and oxygen atoms in total. The molecule has 0 bridgehead atoms. The molecule has 0 amide bonds. The van der Waals surface area contributed by atoms with Crippen molar-refractivity contribution in [2.45, 2.75) is 19.6 Å². The average Bonchev–Trinajstić information content (AvgIpc) is 3.30. The lowest BCUT2D eigenvalue weighted by Gasteiger charge is -2.21. The molecule has 2 aliphatic heterocycles. The molecule has 3 aromatic heterocycles. The zero-order valence-electron chi connectivity index (χ0n) is 16.8. The van der Waals surface area contributed by atoms with E-state index in [-0.39, 0.29) is 29.6 Å². The second-order valence-corrected chi connectivity index (χ2v) is 7.59. The maximum absolute atomic E-state index is 14.8. The van der Waals surface area contributed by atoms with Crippen LogP contribution in [0.25, 0.3) is 16.9 Å². The minimum absolute atomic E-state index is 0.0291. The van der Waals surface area contributed by atoms with Gasteiger partial charge in [0.2, 0.25) is 5.95 Å². The van der Waals surface area contributed by atoms with Crippen molar-refractivity contribution in [3.8, 4) is 22.7 Å². The summed E-state index contributed by atoms with van der Waals surface area (Å²) < 4.78 is 36.7. The maximum Gasteiger partial charge on any atom is 0.229 e. The summed E-state index contributed by atoms with van der Waals surface area (Å²) in [6, 6.07) is 6.65. The van der Waals surface area contributed by atoms with Gasteiger partial charge in [-0.25, -0.2) is 28.7 Å². The molecule has 1 aromatic carbocycles. The van der Waals surface area contributed by atoms with E-state index in [1.54, 1.807) is 23.2 Å². The number of anilines is 2. The van der Waals surface area contributed by atoms with E-state index in [4.69, 9.17) is 4.74 Å². The molecule has 2 N–H and O–H groups in total. The van der Waals surface area contributed by atoms with Crippen molar-refractivity contribution in [1.82, 2.24) is 29.8 Å². The molecule has 0 spiro atoms. The zero-order chi connectivity index (χ0) is 21.7. The van der Waals surface area contributed by atoms with Crippen LogP contribution >= 0.6 is 0 Å². The highest BCUT2D eigenvalue weighted by Crippen LogP contribution is 2.36. The Hall–Kier alpha value is -3.92. The molecule has 0 unspecified atom stereocenters. The molecule has 4 aromatic rings. The predicted molar refractivity (Wildman–Crippen MR) is 112 cm³/mol. The normalized spacial score (nSPS) is 14.2. The van der Waals surface area contributed by atoms with Crippen LogP contribution in [0, 0.1) is 11.6 Å². The predicted octanol–water partition coefficient (Wildman–Crippen LogP) is 3.28. The quantitative estimate of drug-likeness (QED) is 0.513. The molecule has 10 heteroatoms. The number of nitrogens with zero attached hydrogens (tertiary/aromatic N) is 5. The van der Waals surface area contributed by atoms with Crippen LogP contribution in [0.4, 0.5) is 20.5 Å². The molecule has 2 aliphatic rings. The molecule has 0 saturated heterocycles. The summed E-state index contributed by atoms with van der Waals surface area (Å²) in [6.07, 6.45) is 5.10. The molecule has 32 heavy (non-hydrogen) atoms. The van der Waals surface area contributed by atoms with Gasteiger partial charge in [0.15, 0.2) is 17.4 Å². The first kappa shape index (κ1) is 18.8. The van der Waals surface area contributed by atoms with E-state index in [0.29, 0.717) is 11.5 Å². The molecule has 0 aliphatic carbocycles. The van der Waals surface area contributed by atoms with Crippen molar-refractivity contribution in [3.63, 3.8) is 0 Å². The van der Waals surface area contributed by atoms with Crippen LogP contribution < -0.4 is 15.4 Å². The van der Waals surface area contributed by atoms with Gasteiger partial charge in [-0.2, -0.15) is 0 Å². The van der Waals surface area contributed by atoms with E-state index in [1.807, 2.05) is 12.1 Å². The molecule has 0 radical (unpaired) electrons. The first-order chi connectivity index (χ1) is 15.7. The molecule has 0 saturated carbocycles. The van der Waals surface area contributed by atoms with Gasteiger partial charge in [-0.3, -0.25) is 4.57 Å². The second kappa shape index (κ2) is 7.34. The molecule has 5 heterocycles. The molecule has 0 atom stereocenters. The third kappa shape index (κ3) is 3.16. The van der Waals surface area contributed by atoms with Gasteiger partial charge in [-0.1, -0.05) is 6.07 Å². The largest absolute Gasteiger partial charge is 0.482 e. The molecular formula is C22H17F2N7O. The highest BCUT2D eigenvalue weighted by atomic mass is 19.1. The lowest BCUT2D eigenvalue weighted by molar-refractivity contribution is 0.270. The number of ether oxygens (including phenoxy) is 1. The summed E-state index contributed by atoms with van der Waals surface area (Å²) in [5.41, 5.74) is 3.60. The first-order valence-corrected chi connectivity index (χ1v) is 10.1. The molecule has 6 rings (SSSR count). The number of pyridine rings is 1. The van der Waals surface area contributed by atoms with Gasteiger partial charge in [0.1, 0.15) is 18.1 Å². The summed E-state index contributed by atoms with van der Waals surface area (Å²) in [7, 11) is 0. The SMILES string of the molecule is Fc1cnc(Nc2ccc3c(n2)CCNC3)nc1-c1cc(F)c2c(c1)-n1cncc1CO2. The minimum Gasteiger partial charge on any atom is -0.482 e. The summed E-state index contributed by atoms with van der Waals surface area (Å²) >= 11 is 0. The lowest BCUT2D eigenvalue weighted by atomic mass is 10.1. The molecular weight excluding hydrogens is 416 g/mol. The van der Waals surface area contributed by atoms with E-state index >= 15 is 0 Å². The van der Waals surface area contributed by atoms with Gasteiger partial charge in [0, 0.05) is 30.8 Å². The highest BCUT2D eigenvalue weighted by molar-refractivity contribution is 5.68. The Morgan fingerprint density at radius 2 is 2.03 bits per heavy atom. The van der Waals surface area contributed by atoms with Gasteiger partial charge >= 0.3 is 0 Å². The second-order valence-electron chi connectivity index (χ2n) is 7.59. The van der Waals surface area contributed by atoms with Gasteiger partial charge < -0.3 is 15.4 Å². The number of nitrogens with one attached hydrogen (secondary N) is 2. The van der Waals surface area contributed by atoms with Gasteiger partial charge in [-0.05, 0) is 23.8 Å². The summed E-state index contributed by atoms with van der Waals surface area (Å²) in [6.45, 7) is 1.86. The van der Waals surface area contributed by atoms with Crippen LogP contribution in [-0.2, 0) is 19.6 Å². The fraction of sp³-hybridized carbons (Fsp3) is 0.182. The van der Waals surface area contributed by atoms with Crippen LogP contribution in [-0.4, -0.2) is 31.0 Å². The van der Waals surface area contributed by atoms with Gasteiger partial charge in [0.25, 0.3) is 0 Å². The van der Waals surface area contributed by atoms with E-state index in [0.717, 1.165) is 42.7 Å². The maximum atomic E-state index is 14.8. The Labute approximate surface area is 181 Å². The van der Waals surface area contributed by atoms with Crippen molar-refractivity contribution in [3.05, 3.63) is 71.6 Å². The summed E-state index contributed by atoms with van der Waals surface area (Å²) in [4.78, 5) is 17.0. The van der Waals surface area contributed by atoms with Crippen molar-refractivity contribution in [1.29, 1.82) is 0 Å². The fourth-order valence-corrected chi connectivity index (χ4v) is 3.98. The lowest BCUT2D eigenvalue weighted by Crippen LogP contribution is -2.24. The number of fused-ring (bicyclic) bond motifs is 4. The Morgan fingerprint density at radius 1 is 1.09 bits per heavy atom. The van der Waals surface area contributed by atoms with Gasteiger partial charge in [-0.15, -0.1) is 0 Å². The smallest absolute Gasteiger partial charge is 0.229 e. The van der Waals surface area contributed by atoms with E-state index in [1.165, 1.54) is 6.07 Å². The van der Waals surface area contributed by atoms with Gasteiger partial charge in [0.05, 0.1) is 30.1 Å². The molecule has 0 fully saturated rings. The number of benzene rings is 1. The Kier molecular flexibility index (Phi) is 4.32. The third-order valence-electron chi connectivity index (χ3n) is 5.54. The number of aromatic nitrogens is 5. The zero-order valence-corrected chi connectivity index (χ0v) is 16.8. The number of hydrogen-bond donors (Lipinski definition) is 2. The number of halogens is 2. The van der Waals surface area contributed by atoms with Crippen molar-refractivity contribution < 1.29 is 13.5 Å². The number of rotatable bonds is 3. The number of hydrogen-bond acceptors (Lipinski definition) is 7. The van der Waals surface area contributed by atoms with Crippen molar-refractivity contribution >= 4 is 11.8 Å². The van der Waals surface area contributed by atoms with Crippen LogP contribution in [0.3, 0.4) is 0 Å². The summed E-state index contributed by atoms with van der Waals surface area (Å²) in [5.74, 6) is -0.437. The van der Waals surface area contributed by atoms with Crippen molar-refractivity contribution in [2.24, 2.45) is 0 Å². The van der Waals surface area contributed by atoms with E-state index < -0.39 is 11.6 Å². The minimum atomic E-state index is -0.665. The van der Waals surface area contributed by atoms with Crippen molar-refractivity contribution in [2.75, 3.05) is 11.9 Å². The fourth-order valence-electron chi connectivity index (χ4n) is 3.98. The Bertz CT molecular complexity index is 1350. The van der Waals surface area contributed by atoms with Crippen LogP contribution in [0.1, 0.15) is 17.0 Å².